The van der Waals surface area contributed by atoms with Crippen molar-refractivity contribution in [2.75, 3.05) is 0 Å². The predicted molar refractivity (Wildman–Crippen MR) is 109 cm³/mol. The van der Waals surface area contributed by atoms with Crippen LogP contribution in [0, 0.1) is 6.92 Å². The standard InChI is InChI=1S/C24H36N/c1-16(2)20-14-22(25(10)15-21(20)24(7,8)9)19-12-11-18(13-17(19)3)23(4,5)6/h11-16H,1-10H3/q+1. The highest BCUT2D eigenvalue weighted by Crippen LogP contribution is 2.33. The van der Waals surface area contributed by atoms with Crippen LogP contribution in [-0.4, -0.2) is 0 Å². The lowest BCUT2D eigenvalue weighted by Crippen LogP contribution is -2.34. The molecule has 1 nitrogen and oxygen atoms in total. The van der Waals surface area contributed by atoms with E-state index in [1.807, 2.05) is 0 Å². The van der Waals surface area contributed by atoms with Crippen molar-refractivity contribution in [2.45, 2.75) is 79.1 Å². The summed E-state index contributed by atoms with van der Waals surface area (Å²) in [6, 6.07) is 9.34. The lowest BCUT2D eigenvalue weighted by molar-refractivity contribution is -0.661. The van der Waals surface area contributed by atoms with Gasteiger partial charge in [0.25, 0.3) is 0 Å². The number of pyridine rings is 1. The Labute approximate surface area is 155 Å². The Morgan fingerprint density at radius 3 is 1.92 bits per heavy atom. The molecule has 0 aliphatic heterocycles. The van der Waals surface area contributed by atoms with Crippen LogP contribution in [0.3, 0.4) is 0 Å². The minimum atomic E-state index is 0.154. The third kappa shape index (κ3) is 4.14. The molecule has 136 valence electrons. The first-order chi connectivity index (χ1) is 11.3. The first-order valence-corrected chi connectivity index (χ1v) is 9.48. The zero-order valence-corrected chi connectivity index (χ0v) is 17.9. The maximum Gasteiger partial charge on any atom is 0.212 e. The number of benzene rings is 1. The fourth-order valence-corrected chi connectivity index (χ4v) is 3.45. The van der Waals surface area contributed by atoms with E-state index in [4.69, 9.17) is 0 Å². The van der Waals surface area contributed by atoms with Gasteiger partial charge in [-0.2, -0.15) is 0 Å². The number of aryl methyl sites for hydroxylation is 2. The van der Waals surface area contributed by atoms with Gasteiger partial charge in [0, 0.05) is 17.2 Å². The second kappa shape index (κ2) is 6.59. The van der Waals surface area contributed by atoms with Crippen molar-refractivity contribution in [3.05, 3.63) is 52.7 Å². The molecule has 0 unspecified atom stereocenters. The number of hydrogen-bond acceptors (Lipinski definition) is 0. The van der Waals surface area contributed by atoms with Gasteiger partial charge in [0.1, 0.15) is 7.05 Å². The van der Waals surface area contributed by atoms with Crippen LogP contribution in [0.2, 0.25) is 0 Å². The SMILES string of the molecule is Cc1cc(C(C)(C)C)ccc1-c1cc(C(C)C)c(C(C)(C)C)c[n+]1C. The number of rotatable bonds is 2. The Balaban J connectivity index is 2.67. The summed E-state index contributed by atoms with van der Waals surface area (Å²) in [6.07, 6.45) is 2.34. The zero-order chi connectivity index (χ0) is 19.2. The Kier molecular flexibility index (Phi) is 5.19. The molecule has 0 aliphatic carbocycles. The molecule has 1 heterocycles. The van der Waals surface area contributed by atoms with Gasteiger partial charge in [-0.15, -0.1) is 0 Å². The van der Waals surface area contributed by atoms with Gasteiger partial charge in [0.05, 0.1) is 0 Å². The molecular formula is C24H36N+. The van der Waals surface area contributed by atoms with Crippen LogP contribution >= 0.6 is 0 Å². The van der Waals surface area contributed by atoms with Crippen LogP contribution < -0.4 is 4.57 Å². The molecule has 0 N–H and O–H groups in total. The molecule has 25 heavy (non-hydrogen) atoms. The van der Waals surface area contributed by atoms with E-state index in [2.05, 4.69) is 104 Å². The van der Waals surface area contributed by atoms with Gasteiger partial charge in [0.15, 0.2) is 6.20 Å². The monoisotopic (exact) mass is 338 g/mol. The van der Waals surface area contributed by atoms with Crippen molar-refractivity contribution >= 4 is 0 Å². The molecule has 0 aliphatic rings. The normalized spacial score (nSPS) is 12.8. The molecule has 0 fully saturated rings. The summed E-state index contributed by atoms with van der Waals surface area (Å²) in [4.78, 5) is 0. The molecule has 1 aromatic heterocycles. The molecule has 1 aromatic carbocycles. The van der Waals surface area contributed by atoms with Gasteiger partial charge in [-0.25, -0.2) is 4.57 Å². The van der Waals surface area contributed by atoms with Crippen molar-refractivity contribution in [1.82, 2.24) is 0 Å². The average molecular weight is 339 g/mol. The molecule has 0 amide bonds. The lowest BCUT2D eigenvalue weighted by Gasteiger charge is -2.24. The fraction of sp³-hybridized carbons (Fsp3) is 0.542. The van der Waals surface area contributed by atoms with E-state index in [0.717, 1.165) is 0 Å². The third-order valence-electron chi connectivity index (χ3n) is 5.10. The summed E-state index contributed by atoms with van der Waals surface area (Å²) in [5, 5.41) is 0. The van der Waals surface area contributed by atoms with E-state index in [1.165, 1.54) is 33.5 Å². The largest absolute Gasteiger partial charge is 0.212 e. The molecule has 0 bridgehead atoms. The van der Waals surface area contributed by atoms with Crippen LogP contribution in [0.4, 0.5) is 0 Å². The molecule has 2 aromatic rings. The first kappa shape index (κ1) is 19.7. The van der Waals surface area contributed by atoms with Crippen molar-refractivity contribution < 1.29 is 4.57 Å². The maximum atomic E-state index is 2.41. The summed E-state index contributed by atoms with van der Waals surface area (Å²) < 4.78 is 2.30. The third-order valence-corrected chi connectivity index (χ3v) is 5.10. The summed E-state index contributed by atoms with van der Waals surface area (Å²) >= 11 is 0. The lowest BCUT2D eigenvalue weighted by atomic mass is 9.81. The fourth-order valence-electron chi connectivity index (χ4n) is 3.45. The highest BCUT2D eigenvalue weighted by molar-refractivity contribution is 5.63. The minimum absolute atomic E-state index is 0.154. The summed E-state index contributed by atoms with van der Waals surface area (Å²) in [7, 11) is 2.17. The van der Waals surface area contributed by atoms with Gasteiger partial charge in [0.2, 0.25) is 5.69 Å². The van der Waals surface area contributed by atoms with Gasteiger partial charge >= 0.3 is 0 Å². The van der Waals surface area contributed by atoms with E-state index >= 15 is 0 Å². The van der Waals surface area contributed by atoms with Gasteiger partial charge < -0.3 is 0 Å². The van der Waals surface area contributed by atoms with E-state index in [9.17, 15) is 0 Å². The molecule has 0 radical (unpaired) electrons. The molecule has 0 atom stereocenters. The second-order valence-electron chi connectivity index (χ2n) is 9.82. The van der Waals surface area contributed by atoms with Crippen LogP contribution in [0.15, 0.2) is 30.5 Å². The van der Waals surface area contributed by atoms with Crippen LogP contribution in [0.25, 0.3) is 11.3 Å². The number of nitrogens with zero attached hydrogens (tertiary/aromatic N) is 1. The topological polar surface area (TPSA) is 3.88 Å². The highest BCUT2D eigenvalue weighted by Gasteiger charge is 2.26. The van der Waals surface area contributed by atoms with Crippen molar-refractivity contribution in [3.8, 4) is 11.3 Å². The zero-order valence-electron chi connectivity index (χ0n) is 17.9. The summed E-state index contributed by atoms with van der Waals surface area (Å²) in [6.45, 7) is 20.6. The molecule has 2 rings (SSSR count). The Morgan fingerprint density at radius 1 is 0.880 bits per heavy atom. The average Bonchev–Trinajstić information content (AvgIpc) is 2.45. The molecule has 1 heteroatoms. The number of aromatic nitrogens is 1. The molecule has 0 saturated carbocycles. The highest BCUT2D eigenvalue weighted by atomic mass is 14.9. The quantitative estimate of drug-likeness (QED) is 0.574. The Bertz CT molecular complexity index is 768. The van der Waals surface area contributed by atoms with Gasteiger partial charge in [-0.3, -0.25) is 0 Å². The smallest absolute Gasteiger partial charge is 0.201 e. The Hall–Kier alpha value is -1.63. The van der Waals surface area contributed by atoms with Crippen LogP contribution in [0.1, 0.15) is 83.6 Å². The summed E-state index contributed by atoms with van der Waals surface area (Å²) in [5.74, 6) is 0.517. The van der Waals surface area contributed by atoms with Gasteiger partial charge in [-0.05, 0) is 46.4 Å². The van der Waals surface area contributed by atoms with E-state index < -0.39 is 0 Å². The van der Waals surface area contributed by atoms with E-state index in [-0.39, 0.29) is 10.8 Å². The maximum absolute atomic E-state index is 2.41. The number of hydrogen-bond donors (Lipinski definition) is 0. The molecule has 0 saturated heterocycles. The second-order valence-corrected chi connectivity index (χ2v) is 9.82. The Morgan fingerprint density at radius 2 is 1.48 bits per heavy atom. The van der Waals surface area contributed by atoms with Crippen LogP contribution in [-0.2, 0) is 17.9 Å². The van der Waals surface area contributed by atoms with E-state index in [0.29, 0.717) is 5.92 Å². The summed E-state index contributed by atoms with van der Waals surface area (Å²) in [5.41, 5.74) is 8.62. The predicted octanol–water partition coefficient (Wildman–Crippen LogP) is 6.20. The van der Waals surface area contributed by atoms with Crippen molar-refractivity contribution in [3.63, 3.8) is 0 Å². The first-order valence-electron chi connectivity index (χ1n) is 9.48. The molecular weight excluding hydrogens is 302 g/mol. The molecule has 0 spiro atoms. The minimum Gasteiger partial charge on any atom is -0.201 e. The van der Waals surface area contributed by atoms with E-state index in [1.54, 1.807) is 0 Å². The van der Waals surface area contributed by atoms with Crippen molar-refractivity contribution in [1.29, 1.82) is 0 Å². The van der Waals surface area contributed by atoms with Gasteiger partial charge in [-0.1, -0.05) is 67.5 Å². The van der Waals surface area contributed by atoms with Crippen LogP contribution in [0.5, 0.6) is 0 Å². The van der Waals surface area contributed by atoms with Crippen molar-refractivity contribution in [2.24, 2.45) is 7.05 Å².